The summed E-state index contributed by atoms with van der Waals surface area (Å²) in [7, 11) is 1.39. The number of carbonyl (C=O) groups is 3. The summed E-state index contributed by atoms with van der Waals surface area (Å²) in [5.41, 5.74) is 0.155. The summed E-state index contributed by atoms with van der Waals surface area (Å²) >= 11 is 0. The number of fused-ring (bicyclic) bond motifs is 5. The lowest BCUT2D eigenvalue weighted by Crippen LogP contribution is -2.60. The van der Waals surface area contributed by atoms with Gasteiger partial charge < -0.3 is 9.84 Å². The van der Waals surface area contributed by atoms with Crippen molar-refractivity contribution in [2.24, 2.45) is 34.5 Å². The van der Waals surface area contributed by atoms with Gasteiger partial charge in [0.1, 0.15) is 5.78 Å². The van der Waals surface area contributed by atoms with E-state index in [0.29, 0.717) is 32.1 Å². The largest absolute Gasteiger partial charge is 0.469 e. The van der Waals surface area contributed by atoms with E-state index in [1.165, 1.54) is 7.11 Å². The zero-order chi connectivity index (χ0) is 18.9. The molecular formula is C21H28O5. The normalized spacial score (nSPS) is 47.5. The molecule has 0 bridgehead atoms. The van der Waals surface area contributed by atoms with E-state index in [9.17, 15) is 19.5 Å². The standard InChI is InChI=1S/C21H28O5/c1-20-7-6-12(22)8-11(20)9-13(19(25)26-3)17-14-4-5-16(24)21(14,2)10-15(23)18(17)20/h8,13-15,17-18,23H,4-7,9-10H2,1-3H3/t13-,14+,15-,17+,18?,20+,21+/m1/s1. The van der Waals surface area contributed by atoms with Crippen LogP contribution in [-0.2, 0) is 19.1 Å². The first-order valence-corrected chi connectivity index (χ1v) is 9.75. The van der Waals surface area contributed by atoms with Gasteiger partial charge in [0.2, 0.25) is 0 Å². The van der Waals surface area contributed by atoms with Crippen molar-refractivity contribution in [1.82, 2.24) is 0 Å². The van der Waals surface area contributed by atoms with Gasteiger partial charge in [-0.05, 0) is 54.9 Å². The van der Waals surface area contributed by atoms with Gasteiger partial charge in [-0.2, -0.15) is 0 Å². The molecule has 3 saturated carbocycles. The Kier molecular flexibility index (Phi) is 3.96. The van der Waals surface area contributed by atoms with Crippen LogP contribution in [0.5, 0.6) is 0 Å². The van der Waals surface area contributed by atoms with Crippen LogP contribution in [0, 0.1) is 34.5 Å². The first-order chi connectivity index (χ1) is 12.2. The van der Waals surface area contributed by atoms with Gasteiger partial charge in [-0.25, -0.2) is 0 Å². The third-order valence-electron chi connectivity index (χ3n) is 8.17. The second kappa shape index (κ2) is 5.75. The second-order valence-electron chi connectivity index (χ2n) is 9.25. The molecule has 4 aliphatic rings. The molecule has 0 saturated heterocycles. The highest BCUT2D eigenvalue weighted by Gasteiger charge is 2.65. The van der Waals surface area contributed by atoms with E-state index in [2.05, 4.69) is 6.92 Å². The van der Waals surface area contributed by atoms with E-state index in [-0.39, 0.29) is 46.6 Å². The SMILES string of the molecule is COC(=O)[C@@H]1CC2=CC(=O)CC[C@]2(C)C2[C@@H]1[C@@H]1CCC(=O)[C@@]1(C)C[C@H]2O. The molecule has 0 aromatic carbocycles. The Bertz CT molecular complexity index is 709. The van der Waals surface area contributed by atoms with Gasteiger partial charge in [-0.1, -0.05) is 19.4 Å². The van der Waals surface area contributed by atoms with E-state index in [1.807, 2.05) is 6.92 Å². The van der Waals surface area contributed by atoms with Crippen LogP contribution in [-0.4, -0.2) is 35.9 Å². The Labute approximate surface area is 154 Å². The van der Waals surface area contributed by atoms with Crippen LogP contribution in [0.1, 0.15) is 52.4 Å². The lowest BCUT2D eigenvalue weighted by atomic mass is 9.44. The molecule has 5 heteroatoms. The summed E-state index contributed by atoms with van der Waals surface area (Å²) in [6.45, 7) is 4.11. The number of hydrogen-bond donors (Lipinski definition) is 1. The Hall–Kier alpha value is -1.49. The fourth-order valence-corrected chi connectivity index (χ4v) is 6.84. The first kappa shape index (κ1) is 17.9. The van der Waals surface area contributed by atoms with Crippen LogP contribution in [0.25, 0.3) is 0 Å². The van der Waals surface area contributed by atoms with Crippen molar-refractivity contribution in [3.8, 4) is 0 Å². The molecule has 0 heterocycles. The minimum absolute atomic E-state index is 0.0713. The van der Waals surface area contributed by atoms with E-state index in [0.717, 1.165) is 12.0 Å². The number of ketones is 2. The number of ether oxygens (including phenoxy) is 1. The maximum atomic E-state index is 12.7. The highest BCUT2D eigenvalue weighted by molar-refractivity contribution is 5.92. The van der Waals surface area contributed by atoms with E-state index in [1.54, 1.807) is 6.08 Å². The third-order valence-corrected chi connectivity index (χ3v) is 8.17. The zero-order valence-corrected chi connectivity index (χ0v) is 15.8. The van der Waals surface area contributed by atoms with Crippen LogP contribution < -0.4 is 0 Å². The average molecular weight is 360 g/mol. The van der Waals surface area contributed by atoms with Gasteiger partial charge in [0.05, 0.1) is 19.1 Å². The van der Waals surface area contributed by atoms with Crippen molar-refractivity contribution >= 4 is 17.5 Å². The van der Waals surface area contributed by atoms with E-state index >= 15 is 0 Å². The molecule has 1 N–H and O–H groups in total. The van der Waals surface area contributed by atoms with Crippen LogP contribution in [0.3, 0.4) is 0 Å². The number of aliphatic hydroxyl groups is 1. The van der Waals surface area contributed by atoms with Gasteiger partial charge in [0, 0.05) is 18.3 Å². The fraction of sp³-hybridized carbons (Fsp3) is 0.762. The van der Waals surface area contributed by atoms with Crippen molar-refractivity contribution in [2.45, 2.75) is 58.5 Å². The molecule has 5 nitrogen and oxygen atoms in total. The Morgan fingerprint density at radius 1 is 1.23 bits per heavy atom. The zero-order valence-electron chi connectivity index (χ0n) is 15.8. The maximum Gasteiger partial charge on any atom is 0.309 e. The third kappa shape index (κ3) is 2.22. The van der Waals surface area contributed by atoms with Gasteiger partial charge >= 0.3 is 5.97 Å². The van der Waals surface area contributed by atoms with Crippen LogP contribution >= 0.6 is 0 Å². The number of allylic oxidation sites excluding steroid dienone is 1. The molecule has 142 valence electrons. The topological polar surface area (TPSA) is 80.7 Å². The summed E-state index contributed by atoms with van der Waals surface area (Å²) in [4.78, 5) is 37.3. The predicted molar refractivity (Wildman–Crippen MR) is 94.0 cm³/mol. The fourth-order valence-electron chi connectivity index (χ4n) is 6.84. The molecule has 26 heavy (non-hydrogen) atoms. The van der Waals surface area contributed by atoms with Crippen LogP contribution in [0.4, 0.5) is 0 Å². The maximum absolute atomic E-state index is 12.7. The number of rotatable bonds is 1. The molecular weight excluding hydrogens is 332 g/mol. The molecule has 0 aromatic heterocycles. The molecule has 0 aromatic rings. The quantitative estimate of drug-likeness (QED) is 0.727. The summed E-state index contributed by atoms with van der Waals surface area (Å²) in [5, 5.41) is 11.2. The molecule has 1 unspecified atom stereocenters. The Morgan fingerprint density at radius 2 is 1.96 bits per heavy atom. The molecule has 7 atom stereocenters. The number of carbonyl (C=O) groups excluding carboxylic acids is 3. The summed E-state index contributed by atoms with van der Waals surface area (Å²) in [6, 6.07) is 0. The minimum Gasteiger partial charge on any atom is -0.469 e. The minimum atomic E-state index is -0.641. The molecule has 0 aliphatic heterocycles. The van der Waals surface area contributed by atoms with Crippen LogP contribution in [0.15, 0.2) is 11.6 Å². The summed E-state index contributed by atoms with van der Waals surface area (Å²) in [5.74, 6) is -0.429. The lowest BCUT2D eigenvalue weighted by molar-refractivity contribution is -0.172. The first-order valence-electron chi connectivity index (χ1n) is 9.75. The van der Waals surface area contributed by atoms with E-state index < -0.39 is 11.5 Å². The number of Topliss-reactive ketones (excluding diaryl/α,β-unsaturated/α-hetero) is 1. The molecule has 4 rings (SSSR count). The van der Waals surface area contributed by atoms with Crippen molar-refractivity contribution in [2.75, 3.05) is 7.11 Å². The smallest absolute Gasteiger partial charge is 0.309 e. The number of methoxy groups -OCH3 is 1. The Morgan fingerprint density at radius 3 is 2.65 bits per heavy atom. The number of hydrogen-bond acceptors (Lipinski definition) is 5. The van der Waals surface area contributed by atoms with Crippen molar-refractivity contribution in [3.63, 3.8) is 0 Å². The second-order valence-corrected chi connectivity index (χ2v) is 9.25. The number of aliphatic hydroxyl groups excluding tert-OH is 1. The van der Waals surface area contributed by atoms with Crippen molar-refractivity contribution < 1.29 is 24.2 Å². The summed E-state index contributed by atoms with van der Waals surface area (Å²) < 4.78 is 5.10. The average Bonchev–Trinajstić information content (AvgIpc) is 2.88. The molecule has 3 fully saturated rings. The van der Waals surface area contributed by atoms with E-state index in [4.69, 9.17) is 4.74 Å². The van der Waals surface area contributed by atoms with Gasteiger partial charge in [0.15, 0.2) is 5.78 Å². The summed E-state index contributed by atoms with van der Waals surface area (Å²) in [6.07, 6.45) is 4.54. The highest BCUT2D eigenvalue weighted by atomic mass is 16.5. The molecule has 4 aliphatic carbocycles. The van der Waals surface area contributed by atoms with Gasteiger partial charge in [-0.15, -0.1) is 0 Å². The van der Waals surface area contributed by atoms with Crippen LogP contribution in [0.2, 0.25) is 0 Å². The van der Waals surface area contributed by atoms with Crippen molar-refractivity contribution in [3.05, 3.63) is 11.6 Å². The van der Waals surface area contributed by atoms with Gasteiger partial charge in [0.25, 0.3) is 0 Å². The molecule has 0 spiro atoms. The molecule has 0 radical (unpaired) electrons. The highest BCUT2D eigenvalue weighted by Crippen LogP contribution is 2.65. The Balaban J connectivity index is 1.85. The van der Waals surface area contributed by atoms with Crippen molar-refractivity contribution in [1.29, 1.82) is 0 Å². The molecule has 0 amide bonds. The monoisotopic (exact) mass is 360 g/mol. The lowest BCUT2D eigenvalue weighted by Gasteiger charge is -2.60. The predicted octanol–water partition coefficient (Wildman–Crippen LogP) is 2.46. The number of esters is 1. The van der Waals surface area contributed by atoms with Gasteiger partial charge in [-0.3, -0.25) is 14.4 Å².